The van der Waals surface area contributed by atoms with E-state index in [1.54, 1.807) is 12.1 Å². The first-order valence-corrected chi connectivity index (χ1v) is 8.32. The van der Waals surface area contributed by atoms with Gasteiger partial charge in [-0.05, 0) is 25.5 Å². The summed E-state index contributed by atoms with van der Waals surface area (Å²) in [6, 6.07) is 10.8. The molecule has 6 heteroatoms. The normalized spacial score (nSPS) is 11.6. The Morgan fingerprint density at radius 1 is 1.12 bits per heavy atom. The van der Waals surface area contributed by atoms with E-state index in [0.29, 0.717) is 34.4 Å². The summed E-state index contributed by atoms with van der Waals surface area (Å²) in [7, 11) is 3.02. The fraction of sp³-hybridized carbons (Fsp3) is 0.316. The fourth-order valence-electron chi connectivity index (χ4n) is 2.27. The van der Waals surface area contributed by atoms with Crippen molar-refractivity contribution in [2.24, 2.45) is 0 Å². The van der Waals surface area contributed by atoms with E-state index in [2.05, 4.69) is 5.32 Å². The number of carbonyl (C=O) groups is 1. The van der Waals surface area contributed by atoms with E-state index in [9.17, 15) is 4.79 Å². The highest BCUT2D eigenvalue weighted by Crippen LogP contribution is 2.36. The molecule has 25 heavy (non-hydrogen) atoms. The molecule has 0 spiro atoms. The van der Waals surface area contributed by atoms with Gasteiger partial charge in [0, 0.05) is 12.1 Å². The summed E-state index contributed by atoms with van der Waals surface area (Å²) in [6.07, 6.45) is -0.110. The average molecular weight is 364 g/mol. The molecule has 0 aliphatic rings. The van der Waals surface area contributed by atoms with Gasteiger partial charge in [-0.1, -0.05) is 36.2 Å². The lowest BCUT2D eigenvalue weighted by molar-refractivity contribution is -0.122. The molecule has 1 N–H and O–H groups in total. The number of hydrogen-bond donors (Lipinski definition) is 1. The SMILES string of the molecule is CC[C@@H](Oc1ccc(C)cc1)C(=O)Nc1cc(OC)c(Cl)cc1OC. The Morgan fingerprint density at radius 2 is 1.76 bits per heavy atom. The minimum Gasteiger partial charge on any atom is -0.495 e. The fourth-order valence-corrected chi connectivity index (χ4v) is 2.51. The number of halogens is 1. The molecular weight excluding hydrogens is 342 g/mol. The first-order chi connectivity index (χ1) is 12.0. The predicted octanol–water partition coefficient (Wildman–Crippen LogP) is 4.46. The Hall–Kier alpha value is -2.40. The van der Waals surface area contributed by atoms with Crippen LogP contribution in [0.3, 0.4) is 0 Å². The van der Waals surface area contributed by atoms with Gasteiger partial charge < -0.3 is 19.5 Å². The Kier molecular flexibility index (Phi) is 6.53. The topological polar surface area (TPSA) is 56.8 Å². The summed E-state index contributed by atoms with van der Waals surface area (Å²) >= 11 is 6.08. The number of ether oxygens (including phenoxy) is 3. The van der Waals surface area contributed by atoms with Crippen LogP contribution in [0.4, 0.5) is 5.69 Å². The molecule has 1 atom stereocenters. The summed E-state index contributed by atoms with van der Waals surface area (Å²) in [5.74, 6) is 1.27. The van der Waals surface area contributed by atoms with E-state index in [1.165, 1.54) is 14.2 Å². The number of rotatable bonds is 7. The third-order valence-electron chi connectivity index (χ3n) is 3.69. The van der Waals surface area contributed by atoms with Crippen LogP contribution in [0, 0.1) is 6.92 Å². The van der Waals surface area contributed by atoms with Crippen molar-refractivity contribution in [3.05, 3.63) is 47.0 Å². The van der Waals surface area contributed by atoms with E-state index in [0.717, 1.165) is 5.56 Å². The summed E-state index contributed by atoms with van der Waals surface area (Å²) in [6.45, 7) is 3.88. The monoisotopic (exact) mass is 363 g/mol. The van der Waals surface area contributed by atoms with Gasteiger partial charge in [-0.3, -0.25) is 4.79 Å². The van der Waals surface area contributed by atoms with Crippen molar-refractivity contribution in [1.29, 1.82) is 0 Å². The quantitative estimate of drug-likeness (QED) is 0.789. The van der Waals surface area contributed by atoms with Crippen LogP contribution in [0.25, 0.3) is 0 Å². The van der Waals surface area contributed by atoms with Crippen molar-refractivity contribution in [3.8, 4) is 17.2 Å². The molecule has 0 aliphatic carbocycles. The number of anilines is 1. The third kappa shape index (κ3) is 4.79. The number of amides is 1. The zero-order valence-electron chi connectivity index (χ0n) is 14.8. The van der Waals surface area contributed by atoms with Crippen LogP contribution in [-0.2, 0) is 4.79 Å². The van der Waals surface area contributed by atoms with Gasteiger partial charge in [0.25, 0.3) is 5.91 Å². The van der Waals surface area contributed by atoms with Gasteiger partial charge in [0.1, 0.15) is 17.2 Å². The molecule has 0 bridgehead atoms. The molecule has 0 saturated carbocycles. The van der Waals surface area contributed by atoms with E-state index in [-0.39, 0.29) is 5.91 Å². The van der Waals surface area contributed by atoms with Crippen LogP contribution in [0.5, 0.6) is 17.2 Å². The van der Waals surface area contributed by atoms with Crippen LogP contribution in [0.15, 0.2) is 36.4 Å². The molecule has 2 aromatic rings. The molecule has 0 radical (unpaired) electrons. The maximum atomic E-state index is 12.6. The summed E-state index contributed by atoms with van der Waals surface area (Å²) in [5, 5.41) is 3.22. The van der Waals surface area contributed by atoms with Crippen molar-refractivity contribution in [3.63, 3.8) is 0 Å². The molecule has 2 rings (SSSR count). The Bertz CT molecular complexity index is 731. The lowest BCUT2D eigenvalue weighted by atomic mass is 10.2. The zero-order chi connectivity index (χ0) is 18.4. The van der Waals surface area contributed by atoms with E-state index >= 15 is 0 Å². The molecule has 5 nitrogen and oxygen atoms in total. The van der Waals surface area contributed by atoms with Crippen molar-refractivity contribution in [2.75, 3.05) is 19.5 Å². The summed E-state index contributed by atoms with van der Waals surface area (Å²) < 4.78 is 16.3. The van der Waals surface area contributed by atoms with Crippen LogP contribution in [-0.4, -0.2) is 26.2 Å². The Labute approximate surface area is 152 Å². The highest BCUT2D eigenvalue weighted by Gasteiger charge is 2.21. The smallest absolute Gasteiger partial charge is 0.265 e. The molecule has 0 aromatic heterocycles. The first-order valence-electron chi connectivity index (χ1n) is 7.94. The molecule has 0 aliphatic heterocycles. The maximum Gasteiger partial charge on any atom is 0.265 e. The zero-order valence-corrected chi connectivity index (χ0v) is 15.5. The van der Waals surface area contributed by atoms with Gasteiger partial charge >= 0.3 is 0 Å². The molecule has 0 unspecified atom stereocenters. The van der Waals surface area contributed by atoms with Gasteiger partial charge in [-0.15, -0.1) is 0 Å². The Balaban J connectivity index is 2.17. The molecule has 2 aromatic carbocycles. The van der Waals surface area contributed by atoms with Crippen LogP contribution in [0.1, 0.15) is 18.9 Å². The van der Waals surface area contributed by atoms with Gasteiger partial charge in [0.05, 0.1) is 24.9 Å². The second-order valence-corrected chi connectivity index (χ2v) is 5.91. The molecule has 0 fully saturated rings. The van der Waals surface area contributed by atoms with Gasteiger partial charge in [-0.2, -0.15) is 0 Å². The average Bonchev–Trinajstić information content (AvgIpc) is 2.62. The lowest BCUT2D eigenvalue weighted by Gasteiger charge is -2.19. The van der Waals surface area contributed by atoms with Gasteiger partial charge in [-0.25, -0.2) is 0 Å². The number of benzene rings is 2. The molecule has 0 heterocycles. The Morgan fingerprint density at radius 3 is 2.32 bits per heavy atom. The second-order valence-electron chi connectivity index (χ2n) is 5.50. The van der Waals surface area contributed by atoms with Crippen LogP contribution < -0.4 is 19.5 Å². The third-order valence-corrected chi connectivity index (χ3v) is 3.99. The molecular formula is C19H22ClNO4. The van der Waals surface area contributed by atoms with Crippen molar-refractivity contribution >= 4 is 23.2 Å². The second kappa shape index (κ2) is 8.62. The summed E-state index contributed by atoms with van der Waals surface area (Å²) in [4.78, 5) is 12.6. The number of hydrogen-bond acceptors (Lipinski definition) is 4. The number of aryl methyl sites for hydroxylation is 1. The molecule has 0 saturated heterocycles. The maximum absolute atomic E-state index is 12.6. The van der Waals surface area contributed by atoms with Crippen LogP contribution >= 0.6 is 11.6 Å². The van der Waals surface area contributed by atoms with Gasteiger partial charge in [0.15, 0.2) is 6.10 Å². The van der Waals surface area contributed by atoms with Crippen molar-refractivity contribution in [2.45, 2.75) is 26.4 Å². The van der Waals surface area contributed by atoms with Crippen molar-refractivity contribution in [1.82, 2.24) is 0 Å². The lowest BCUT2D eigenvalue weighted by Crippen LogP contribution is -2.32. The highest BCUT2D eigenvalue weighted by atomic mass is 35.5. The number of methoxy groups -OCH3 is 2. The van der Waals surface area contributed by atoms with E-state index in [4.69, 9.17) is 25.8 Å². The van der Waals surface area contributed by atoms with Crippen molar-refractivity contribution < 1.29 is 19.0 Å². The first kappa shape index (κ1) is 18.9. The molecule has 1 amide bonds. The number of carbonyl (C=O) groups excluding carboxylic acids is 1. The molecule has 134 valence electrons. The minimum absolute atomic E-state index is 0.272. The largest absolute Gasteiger partial charge is 0.495 e. The number of nitrogens with one attached hydrogen (secondary N) is 1. The van der Waals surface area contributed by atoms with E-state index < -0.39 is 6.10 Å². The minimum atomic E-state index is -0.630. The highest BCUT2D eigenvalue weighted by molar-refractivity contribution is 6.32. The van der Waals surface area contributed by atoms with Gasteiger partial charge in [0.2, 0.25) is 0 Å². The summed E-state index contributed by atoms with van der Waals surface area (Å²) in [5.41, 5.74) is 1.60. The van der Waals surface area contributed by atoms with Crippen LogP contribution in [0.2, 0.25) is 5.02 Å². The van der Waals surface area contributed by atoms with E-state index in [1.807, 2.05) is 38.1 Å². The standard InChI is InChI=1S/C19H22ClNO4/c1-5-16(25-13-8-6-12(2)7-9-13)19(22)21-15-11-17(23-3)14(20)10-18(15)24-4/h6-11,16H,5H2,1-4H3,(H,21,22)/t16-/m1/s1. The predicted molar refractivity (Wildman–Crippen MR) is 99.1 cm³/mol.